The normalized spacial score (nSPS) is 22.9. The van der Waals surface area contributed by atoms with Crippen LogP contribution >= 0.6 is 0 Å². The van der Waals surface area contributed by atoms with Gasteiger partial charge in [-0.05, 0) is 42.9 Å². The van der Waals surface area contributed by atoms with Gasteiger partial charge in [0.2, 0.25) is 24.0 Å². The molecule has 4 aromatic heterocycles. The molecule has 4 aromatic rings. The van der Waals surface area contributed by atoms with Crippen LogP contribution in [0.1, 0.15) is 88.9 Å². The van der Waals surface area contributed by atoms with Crippen LogP contribution in [-0.4, -0.2) is 54.1 Å². The van der Waals surface area contributed by atoms with E-state index >= 15 is 0 Å². The van der Waals surface area contributed by atoms with Crippen LogP contribution in [0.4, 0.5) is 0 Å². The lowest BCUT2D eigenvalue weighted by Crippen LogP contribution is -2.47. The molecule has 2 saturated carbocycles. The molecule has 0 saturated heterocycles. The standard InChI is InChI=1S/C30H31N9O5/c1-30(2,3)21(33-28(40)24-19-10-15-8-17(15)26(19)38(34-24)22-12-36(42)6-4-31-22)14-44-29(41)25-20-11-16-9-18(16)27(20)39(35-25)23-13-37(43)7-5-32-23/h4-7,12-13,15-18,21H,8-11,14H2,1-3H3,(H,33,40)/t15-,16-,17-,18-,21+/m0/s1. The zero-order valence-corrected chi connectivity index (χ0v) is 24.5. The molecule has 44 heavy (non-hydrogen) atoms. The first-order chi connectivity index (χ1) is 21.1. The minimum absolute atomic E-state index is 0.0721. The molecule has 226 valence electrons. The highest BCUT2D eigenvalue weighted by molar-refractivity contribution is 5.95. The van der Waals surface area contributed by atoms with E-state index in [0.29, 0.717) is 50.5 Å². The first kappa shape index (κ1) is 26.7. The van der Waals surface area contributed by atoms with Crippen molar-refractivity contribution in [1.29, 1.82) is 0 Å². The van der Waals surface area contributed by atoms with E-state index in [1.807, 2.05) is 20.8 Å². The number of nitrogens with zero attached hydrogens (tertiary/aromatic N) is 8. The van der Waals surface area contributed by atoms with Gasteiger partial charge in [0.1, 0.15) is 6.61 Å². The van der Waals surface area contributed by atoms with E-state index in [0.717, 1.165) is 48.2 Å². The third-order valence-electron chi connectivity index (χ3n) is 9.43. The Morgan fingerprint density at radius 3 is 1.98 bits per heavy atom. The van der Waals surface area contributed by atoms with Gasteiger partial charge in [-0.15, -0.1) is 0 Å². The van der Waals surface area contributed by atoms with E-state index in [1.165, 1.54) is 37.2 Å². The molecule has 0 aliphatic heterocycles. The van der Waals surface area contributed by atoms with Gasteiger partial charge in [0.05, 0.1) is 29.8 Å². The number of carbonyl (C=O) groups excluding carboxylic acids is 2. The van der Waals surface area contributed by atoms with Gasteiger partial charge in [-0.2, -0.15) is 19.7 Å². The van der Waals surface area contributed by atoms with E-state index in [9.17, 15) is 20.0 Å². The van der Waals surface area contributed by atoms with Gasteiger partial charge >= 0.3 is 5.97 Å². The number of esters is 1. The lowest BCUT2D eigenvalue weighted by Gasteiger charge is -2.30. The number of aromatic nitrogens is 8. The van der Waals surface area contributed by atoms with Crippen molar-refractivity contribution >= 4 is 11.9 Å². The first-order valence-corrected chi connectivity index (χ1v) is 14.9. The molecule has 4 heterocycles. The van der Waals surface area contributed by atoms with Crippen molar-refractivity contribution in [2.45, 2.75) is 64.3 Å². The Balaban J connectivity index is 1.03. The van der Waals surface area contributed by atoms with Crippen molar-refractivity contribution in [3.63, 3.8) is 0 Å². The highest BCUT2D eigenvalue weighted by Gasteiger charge is 2.52. The number of carbonyl (C=O) groups is 2. The molecular weight excluding hydrogens is 566 g/mol. The van der Waals surface area contributed by atoms with Crippen LogP contribution in [0.15, 0.2) is 37.2 Å². The SMILES string of the molecule is CC(C)(C)[C@@H](COC(=O)c1nn(-c2c[n+]([O-])ccn2)c2c1C[C@@H]1C[C@H]21)NC(=O)c1nn(-c2c[n+]([O-])ccn2)c2c1C[C@@H]1C[C@H]21. The maximum absolute atomic E-state index is 13.7. The predicted octanol–water partition coefficient (Wildman–Crippen LogP) is 1.44. The predicted molar refractivity (Wildman–Crippen MR) is 151 cm³/mol. The fourth-order valence-corrected chi connectivity index (χ4v) is 6.84. The van der Waals surface area contributed by atoms with Crippen molar-refractivity contribution in [1.82, 2.24) is 34.8 Å². The zero-order chi connectivity index (χ0) is 30.5. The van der Waals surface area contributed by atoms with Crippen molar-refractivity contribution in [2.75, 3.05) is 6.61 Å². The number of rotatable bonds is 7. The summed E-state index contributed by atoms with van der Waals surface area (Å²) in [6.07, 6.45) is 11.6. The highest BCUT2D eigenvalue weighted by atomic mass is 16.5. The van der Waals surface area contributed by atoms with Crippen LogP contribution in [0.5, 0.6) is 0 Å². The monoisotopic (exact) mass is 597 g/mol. The van der Waals surface area contributed by atoms with Gasteiger partial charge in [0.15, 0.2) is 23.8 Å². The second-order valence-electron chi connectivity index (χ2n) is 13.4. The molecule has 0 spiro atoms. The summed E-state index contributed by atoms with van der Waals surface area (Å²) in [6, 6.07) is -0.534. The molecule has 0 bridgehead atoms. The topological polar surface area (TPSA) is 171 Å². The largest absolute Gasteiger partial charge is 0.619 e. The third-order valence-corrected chi connectivity index (χ3v) is 9.43. The van der Waals surface area contributed by atoms with Crippen LogP contribution in [0.2, 0.25) is 0 Å². The van der Waals surface area contributed by atoms with Gasteiger partial charge in [-0.25, -0.2) is 24.1 Å². The molecule has 14 nitrogen and oxygen atoms in total. The third kappa shape index (κ3) is 4.30. The molecule has 4 aliphatic carbocycles. The lowest BCUT2D eigenvalue weighted by atomic mass is 9.87. The number of hydrogen-bond donors (Lipinski definition) is 1. The second-order valence-corrected chi connectivity index (χ2v) is 13.4. The maximum Gasteiger partial charge on any atom is 0.359 e. The molecular formula is C30H31N9O5. The minimum atomic E-state index is -0.581. The van der Waals surface area contributed by atoms with Gasteiger partial charge < -0.3 is 20.5 Å². The molecule has 2 fully saturated rings. The Morgan fingerprint density at radius 1 is 0.932 bits per heavy atom. The summed E-state index contributed by atoms with van der Waals surface area (Å²) in [6.45, 7) is 5.82. The molecule has 0 unspecified atom stereocenters. The van der Waals surface area contributed by atoms with E-state index < -0.39 is 17.4 Å². The van der Waals surface area contributed by atoms with E-state index in [2.05, 4.69) is 25.5 Å². The Hall–Kier alpha value is -4.88. The minimum Gasteiger partial charge on any atom is -0.619 e. The van der Waals surface area contributed by atoms with Crippen molar-refractivity contribution in [3.8, 4) is 11.6 Å². The summed E-state index contributed by atoms with van der Waals surface area (Å²) < 4.78 is 10.4. The summed E-state index contributed by atoms with van der Waals surface area (Å²) in [7, 11) is 0. The quantitative estimate of drug-likeness (QED) is 0.188. The fraction of sp³-hybridized carbons (Fsp3) is 0.467. The van der Waals surface area contributed by atoms with E-state index in [4.69, 9.17) is 4.74 Å². The van der Waals surface area contributed by atoms with Crippen LogP contribution in [0.25, 0.3) is 11.6 Å². The Bertz CT molecular complexity index is 1860. The molecule has 0 aromatic carbocycles. The van der Waals surface area contributed by atoms with E-state index in [1.54, 1.807) is 9.36 Å². The van der Waals surface area contributed by atoms with Gasteiger partial charge in [0, 0.05) is 23.0 Å². The molecule has 1 amide bonds. The molecule has 4 aliphatic rings. The molecule has 1 N–H and O–H groups in total. The van der Waals surface area contributed by atoms with Crippen molar-refractivity contribution < 1.29 is 23.8 Å². The molecule has 14 heteroatoms. The smallest absolute Gasteiger partial charge is 0.359 e. The molecule has 0 radical (unpaired) electrons. The lowest BCUT2D eigenvalue weighted by molar-refractivity contribution is -0.605. The summed E-state index contributed by atoms with van der Waals surface area (Å²) >= 11 is 0. The van der Waals surface area contributed by atoms with Gasteiger partial charge in [0.25, 0.3) is 5.91 Å². The van der Waals surface area contributed by atoms with Gasteiger partial charge in [-0.1, -0.05) is 20.8 Å². The average molecular weight is 598 g/mol. The fourth-order valence-electron chi connectivity index (χ4n) is 6.84. The van der Waals surface area contributed by atoms with Crippen molar-refractivity contribution in [3.05, 3.63) is 81.5 Å². The first-order valence-electron chi connectivity index (χ1n) is 14.9. The van der Waals surface area contributed by atoms with Crippen LogP contribution < -0.4 is 14.8 Å². The number of hydrogen-bond acceptors (Lipinski definition) is 9. The summed E-state index contributed by atoms with van der Waals surface area (Å²) in [4.78, 5) is 35.8. The summed E-state index contributed by atoms with van der Waals surface area (Å²) in [5, 5.41) is 36.1. The molecule has 5 atom stereocenters. The maximum atomic E-state index is 13.7. The van der Waals surface area contributed by atoms with Crippen LogP contribution in [0.3, 0.4) is 0 Å². The van der Waals surface area contributed by atoms with E-state index in [-0.39, 0.29) is 18.2 Å². The summed E-state index contributed by atoms with van der Waals surface area (Å²) in [5.41, 5.74) is 3.63. The Labute approximate surface area is 251 Å². The highest BCUT2D eigenvalue weighted by Crippen LogP contribution is 2.58. The van der Waals surface area contributed by atoms with Crippen LogP contribution in [-0.2, 0) is 17.6 Å². The number of nitrogens with one attached hydrogen (secondary N) is 1. The number of amides is 1. The average Bonchev–Trinajstić information content (AvgIpc) is 3.69. The number of fused-ring (bicyclic) bond motifs is 6. The Kier molecular flexibility index (Phi) is 5.65. The summed E-state index contributed by atoms with van der Waals surface area (Å²) in [5.74, 6) is 1.30. The van der Waals surface area contributed by atoms with Gasteiger partial charge in [-0.3, -0.25) is 4.79 Å². The Morgan fingerprint density at radius 2 is 1.45 bits per heavy atom. The van der Waals surface area contributed by atoms with Crippen LogP contribution in [0, 0.1) is 27.7 Å². The number of ether oxygens (including phenoxy) is 1. The molecule has 8 rings (SSSR count). The van der Waals surface area contributed by atoms with Crippen molar-refractivity contribution in [2.24, 2.45) is 17.3 Å². The second kappa shape index (κ2) is 9.31. The zero-order valence-electron chi connectivity index (χ0n) is 24.5.